The van der Waals surface area contributed by atoms with Crippen molar-refractivity contribution < 1.29 is 22.4 Å². The first-order valence-corrected chi connectivity index (χ1v) is 9.89. The van der Waals surface area contributed by atoms with Gasteiger partial charge in [-0.15, -0.1) is 0 Å². The van der Waals surface area contributed by atoms with E-state index in [2.05, 4.69) is 20.3 Å². The van der Waals surface area contributed by atoms with Crippen LogP contribution in [0.2, 0.25) is 0 Å². The van der Waals surface area contributed by atoms with E-state index in [9.17, 15) is 22.4 Å². The Hall–Kier alpha value is -3.56. The standard InChI is InChI=1S/C22H19F4N5O/c1-13-5-6-15(10-16(13)20-28-11-14(23)12-29-20)30-21(32)17-7-8-18(22(24,25)26)31(17)19-4-2-3-9-27-19/h2-6,9-12,17-18H,7-8H2,1H3,(H,30,32)/t17-,18?/m1/s1. The number of aryl methyl sites for hydroxylation is 1. The van der Waals surface area contributed by atoms with Crippen molar-refractivity contribution in [3.05, 3.63) is 66.4 Å². The first-order chi connectivity index (χ1) is 15.2. The van der Waals surface area contributed by atoms with Crippen LogP contribution < -0.4 is 10.2 Å². The molecule has 166 valence electrons. The molecule has 1 aliphatic heterocycles. The van der Waals surface area contributed by atoms with Crippen LogP contribution in [0.5, 0.6) is 0 Å². The third-order valence-corrected chi connectivity index (χ3v) is 5.35. The molecule has 3 heterocycles. The molecule has 1 unspecified atom stereocenters. The maximum Gasteiger partial charge on any atom is 0.408 e. The minimum atomic E-state index is -4.50. The fourth-order valence-electron chi connectivity index (χ4n) is 3.83. The molecule has 2 atom stereocenters. The molecule has 1 amide bonds. The molecule has 4 rings (SSSR count). The zero-order valence-corrected chi connectivity index (χ0v) is 17.0. The van der Waals surface area contributed by atoms with Crippen LogP contribution >= 0.6 is 0 Å². The van der Waals surface area contributed by atoms with Crippen LogP contribution in [0, 0.1) is 12.7 Å². The van der Waals surface area contributed by atoms with Crippen molar-refractivity contribution >= 4 is 17.4 Å². The second kappa shape index (κ2) is 8.52. The van der Waals surface area contributed by atoms with Gasteiger partial charge >= 0.3 is 6.18 Å². The molecule has 0 radical (unpaired) electrons. The molecule has 10 heteroatoms. The lowest BCUT2D eigenvalue weighted by Crippen LogP contribution is -2.49. The molecule has 1 aliphatic rings. The van der Waals surface area contributed by atoms with Gasteiger partial charge in [-0.3, -0.25) is 4.79 Å². The molecule has 0 spiro atoms. The molecule has 32 heavy (non-hydrogen) atoms. The van der Waals surface area contributed by atoms with E-state index < -0.39 is 30.0 Å². The minimum Gasteiger partial charge on any atom is -0.332 e. The Morgan fingerprint density at radius 3 is 2.50 bits per heavy atom. The number of benzene rings is 1. The maximum absolute atomic E-state index is 13.6. The third kappa shape index (κ3) is 4.39. The number of aromatic nitrogens is 3. The highest BCUT2D eigenvalue weighted by molar-refractivity contribution is 5.97. The molecular formula is C22H19F4N5O. The molecule has 0 aliphatic carbocycles. The van der Waals surface area contributed by atoms with E-state index in [0.29, 0.717) is 11.3 Å². The van der Waals surface area contributed by atoms with E-state index in [-0.39, 0.29) is 24.5 Å². The van der Waals surface area contributed by atoms with Crippen LogP contribution in [0.25, 0.3) is 11.4 Å². The SMILES string of the molecule is Cc1ccc(NC(=O)[C@H]2CCC(C(F)(F)F)N2c2ccccn2)cc1-c1ncc(F)cn1. The first-order valence-electron chi connectivity index (χ1n) is 9.89. The van der Waals surface area contributed by atoms with Crippen molar-refractivity contribution in [2.24, 2.45) is 0 Å². The number of nitrogens with one attached hydrogen (secondary N) is 1. The summed E-state index contributed by atoms with van der Waals surface area (Å²) in [6.07, 6.45) is -1.21. The van der Waals surface area contributed by atoms with Crippen molar-refractivity contribution in [1.29, 1.82) is 0 Å². The Labute approximate surface area is 181 Å². The molecule has 1 saturated heterocycles. The number of anilines is 2. The van der Waals surface area contributed by atoms with Gasteiger partial charge in [-0.2, -0.15) is 13.2 Å². The van der Waals surface area contributed by atoms with Crippen LogP contribution in [0.15, 0.2) is 55.0 Å². The Kier molecular flexibility index (Phi) is 5.77. The molecule has 1 fully saturated rings. The number of amides is 1. The van der Waals surface area contributed by atoms with Crippen LogP contribution in [0.4, 0.5) is 29.1 Å². The van der Waals surface area contributed by atoms with Crippen molar-refractivity contribution in [2.75, 3.05) is 10.2 Å². The van der Waals surface area contributed by atoms with E-state index in [4.69, 9.17) is 0 Å². The topological polar surface area (TPSA) is 71.0 Å². The van der Waals surface area contributed by atoms with Crippen molar-refractivity contribution in [3.8, 4) is 11.4 Å². The molecule has 3 aromatic rings. The van der Waals surface area contributed by atoms with Gasteiger partial charge in [0.05, 0.1) is 12.4 Å². The molecule has 1 N–H and O–H groups in total. The number of nitrogens with zero attached hydrogens (tertiary/aromatic N) is 4. The Morgan fingerprint density at radius 1 is 1.09 bits per heavy atom. The number of halogens is 4. The lowest BCUT2D eigenvalue weighted by Gasteiger charge is -2.31. The summed E-state index contributed by atoms with van der Waals surface area (Å²) >= 11 is 0. The predicted molar refractivity (Wildman–Crippen MR) is 110 cm³/mol. The summed E-state index contributed by atoms with van der Waals surface area (Å²) in [6.45, 7) is 1.81. The van der Waals surface area contributed by atoms with Gasteiger partial charge in [0.15, 0.2) is 11.6 Å². The van der Waals surface area contributed by atoms with E-state index in [1.807, 2.05) is 0 Å². The summed E-state index contributed by atoms with van der Waals surface area (Å²) in [5.74, 6) is -0.784. The summed E-state index contributed by atoms with van der Waals surface area (Å²) in [6, 6.07) is 6.78. The highest BCUT2D eigenvalue weighted by Crippen LogP contribution is 2.39. The summed E-state index contributed by atoms with van der Waals surface area (Å²) < 4.78 is 54.0. The van der Waals surface area contributed by atoms with E-state index >= 15 is 0 Å². The quantitative estimate of drug-likeness (QED) is 0.598. The molecule has 6 nitrogen and oxygen atoms in total. The van der Waals surface area contributed by atoms with E-state index in [1.54, 1.807) is 37.3 Å². The number of alkyl halides is 3. The second-order valence-corrected chi connectivity index (χ2v) is 7.49. The van der Waals surface area contributed by atoms with Crippen LogP contribution in [-0.2, 0) is 4.79 Å². The van der Waals surface area contributed by atoms with Gasteiger partial charge in [0.25, 0.3) is 0 Å². The van der Waals surface area contributed by atoms with Gasteiger partial charge in [-0.25, -0.2) is 19.3 Å². The van der Waals surface area contributed by atoms with Gasteiger partial charge < -0.3 is 10.2 Å². The highest BCUT2D eigenvalue weighted by Gasteiger charge is 2.51. The third-order valence-electron chi connectivity index (χ3n) is 5.35. The summed E-state index contributed by atoms with van der Waals surface area (Å²) in [5, 5.41) is 2.70. The average molecular weight is 445 g/mol. The van der Waals surface area contributed by atoms with Gasteiger partial charge in [0, 0.05) is 17.4 Å². The van der Waals surface area contributed by atoms with Crippen molar-refractivity contribution in [2.45, 2.75) is 38.0 Å². The van der Waals surface area contributed by atoms with E-state index in [0.717, 1.165) is 22.9 Å². The number of rotatable bonds is 4. The first kappa shape index (κ1) is 21.7. The number of carbonyl (C=O) groups excluding carboxylic acids is 1. The summed E-state index contributed by atoms with van der Waals surface area (Å²) in [7, 11) is 0. The lowest BCUT2D eigenvalue weighted by atomic mass is 10.1. The monoisotopic (exact) mass is 445 g/mol. The number of hydrogen-bond donors (Lipinski definition) is 1. The largest absolute Gasteiger partial charge is 0.408 e. The fourth-order valence-corrected chi connectivity index (χ4v) is 3.83. The van der Waals surface area contributed by atoms with Crippen LogP contribution in [0.1, 0.15) is 18.4 Å². The number of hydrogen-bond acceptors (Lipinski definition) is 5. The van der Waals surface area contributed by atoms with Gasteiger partial charge in [0.2, 0.25) is 5.91 Å². The molecular weight excluding hydrogens is 426 g/mol. The summed E-state index contributed by atoms with van der Waals surface area (Å²) in [5.41, 5.74) is 1.74. The highest BCUT2D eigenvalue weighted by atomic mass is 19.4. The smallest absolute Gasteiger partial charge is 0.332 e. The fraction of sp³-hybridized carbons (Fsp3) is 0.273. The van der Waals surface area contributed by atoms with Crippen molar-refractivity contribution in [1.82, 2.24) is 15.0 Å². The zero-order valence-electron chi connectivity index (χ0n) is 17.0. The summed E-state index contributed by atoms with van der Waals surface area (Å²) in [4.78, 5) is 26.0. The minimum absolute atomic E-state index is 0.0341. The van der Waals surface area contributed by atoms with Crippen LogP contribution in [0.3, 0.4) is 0 Å². The van der Waals surface area contributed by atoms with Crippen LogP contribution in [-0.4, -0.2) is 39.1 Å². The normalized spacial score (nSPS) is 18.6. The average Bonchev–Trinajstić information content (AvgIpc) is 3.22. The Bertz CT molecular complexity index is 1110. The van der Waals surface area contributed by atoms with Gasteiger partial charge in [-0.1, -0.05) is 12.1 Å². The van der Waals surface area contributed by atoms with Crippen molar-refractivity contribution in [3.63, 3.8) is 0 Å². The maximum atomic E-state index is 13.6. The predicted octanol–water partition coefficient (Wildman–Crippen LogP) is 4.52. The Morgan fingerprint density at radius 2 is 1.84 bits per heavy atom. The van der Waals surface area contributed by atoms with E-state index in [1.165, 1.54) is 12.3 Å². The second-order valence-electron chi connectivity index (χ2n) is 7.49. The van der Waals surface area contributed by atoms with Gasteiger partial charge in [0.1, 0.15) is 17.9 Å². The molecule has 2 aromatic heterocycles. The number of pyridine rings is 1. The van der Waals surface area contributed by atoms with Gasteiger partial charge in [-0.05, 0) is 49.6 Å². The Balaban J connectivity index is 1.60. The lowest BCUT2D eigenvalue weighted by molar-refractivity contribution is -0.146. The molecule has 0 saturated carbocycles. The number of carbonyl (C=O) groups is 1. The molecule has 1 aromatic carbocycles. The zero-order chi connectivity index (χ0) is 22.9. The molecule has 0 bridgehead atoms.